The van der Waals surface area contributed by atoms with E-state index in [0.29, 0.717) is 22.8 Å². The van der Waals surface area contributed by atoms with Crippen molar-refractivity contribution in [3.8, 4) is 22.8 Å². The number of nitrogens with zero attached hydrogens (tertiary/aromatic N) is 1. The molecule has 0 unspecified atom stereocenters. The molecule has 0 radical (unpaired) electrons. The summed E-state index contributed by atoms with van der Waals surface area (Å²) in [4.78, 5) is 15.3. The van der Waals surface area contributed by atoms with Crippen LogP contribution in [0.1, 0.15) is 22.2 Å². The van der Waals surface area contributed by atoms with Gasteiger partial charge in [-0.25, -0.2) is 14.2 Å². The molecule has 0 spiro atoms. The van der Waals surface area contributed by atoms with Gasteiger partial charge in [-0.1, -0.05) is 0 Å². The van der Waals surface area contributed by atoms with Crippen molar-refractivity contribution in [3.63, 3.8) is 0 Å². The zero-order valence-electron chi connectivity index (χ0n) is 14.0. The summed E-state index contributed by atoms with van der Waals surface area (Å²) in [5.74, 6) is -0.610. The molecule has 0 saturated heterocycles. The van der Waals surface area contributed by atoms with E-state index in [0.717, 1.165) is 0 Å². The Morgan fingerprint density at radius 3 is 2.19 bits per heavy atom. The molecule has 138 valence electrons. The summed E-state index contributed by atoms with van der Waals surface area (Å²) >= 11 is 0. The smallest absolute Gasteiger partial charge is 0.354 e. The molecular weight excluding hydrogens is 353 g/mol. The maximum Gasteiger partial charge on any atom is 0.354 e. The predicted octanol–water partition coefficient (Wildman–Crippen LogP) is 3.40. The van der Waals surface area contributed by atoms with Gasteiger partial charge < -0.3 is 20.1 Å². The second-order valence-corrected chi connectivity index (χ2v) is 5.75. The lowest BCUT2D eigenvalue weighted by Crippen LogP contribution is -2.08. The van der Waals surface area contributed by atoms with Crippen molar-refractivity contribution in [2.45, 2.75) is 6.10 Å². The summed E-state index contributed by atoms with van der Waals surface area (Å²) < 4.78 is 18.5. The first kappa shape index (κ1) is 18.5. The van der Waals surface area contributed by atoms with Crippen LogP contribution in [0.15, 0.2) is 60.7 Å². The average Bonchev–Trinajstić information content (AvgIpc) is 2.69. The van der Waals surface area contributed by atoms with Crippen molar-refractivity contribution in [3.05, 3.63) is 77.7 Å². The first-order valence-electron chi connectivity index (χ1n) is 8.04. The number of aliphatic hydroxyl groups is 2. The van der Waals surface area contributed by atoms with Gasteiger partial charge >= 0.3 is 5.97 Å². The standard InChI is InChI=1S/C20H16FNO5/c21-14-3-7-16(8-4-14)27-15-5-1-12(2-6-15)17-9-13(19(24)11-23)10-18(22-17)20(25)26/h1-10,19,23-24H,11H2,(H,25,26)/t19-/m1/s1. The van der Waals surface area contributed by atoms with Crippen molar-refractivity contribution in [1.29, 1.82) is 0 Å². The van der Waals surface area contributed by atoms with E-state index >= 15 is 0 Å². The molecule has 0 aliphatic rings. The minimum absolute atomic E-state index is 0.235. The lowest BCUT2D eigenvalue weighted by molar-refractivity contribution is 0.0688. The number of aromatic carboxylic acids is 1. The molecule has 3 aromatic rings. The molecule has 6 nitrogen and oxygen atoms in total. The largest absolute Gasteiger partial charge is 0.477 e. The number of hydrogen-bond donors (Lipinski definition) is 3. The third-order valence-corrected chi connectivity index (χ3v) is 3.82. The lowest BCUT2D eigenvalue weighted by Gasteiger charge is -2.11. The van der Waals surface area contributed by atoms with Crippen molar-refractivity contribution < 1.29 is 29.2 Å². The zero-order valence-corrected chi connectivity index (χ0v) is 14.0. The Morgan fingerprint density at radius 1 is 1.04 bits per heavy atom. The first-order chi connectivity index (χ1) is 13.0. The van der Waals surface area contributed by atoms with E-state index in [4.69, 9.17) is 9.84 Å². The summed E-state index contributed by atoms with van der Waals surface area (Å²) in [6.45, 7) is -0.535. The SMILES string of the molecule is O=C(O)c1cc([C@H](O)CO)cc(-c2ccc(Oc3ccc(F)cc3)cc2)n1. The van der Waals surface area contributed by atoms with Crippen molar-refractivity contribution in [1.82, 2.24) is 4.98 Å². The van der Waals surface area contributed by atoms with Crippen LogP contribution < -0.4 is 4.74 Å². The normalized spacial score (nSPS) is 11.8. The number of halogens is 1. The Morgan fingerprint density at radius 2 is 1.63 bits per heavy atom. The number of carbonyl (C=O) groups is 1. The third-order valence-electron chi connectivity index (χ3n) is 3.82. The number of carboxylic acids is 1. The molecule has 3 N–H and O–H groups in total. The average molecular weight is 369 g/mol. The van der Waals surface area contributed by atoms with Gasteiger partial charge in [0.25, 0.3) is 0 Å². The lowest BCUT2D eigenvalue weighted by atomic mass is 10.0. The van der Waals surface area contributed by atoms with Crippen LogP contribution in [-0.2, 0) is 0 Å². The molecule has 2 aromatic carbocycles. The number of pyridine rings is 1. The van der Waals surface area contributed by atoms with Crippen molar-refractivity contribution in [2.24, 2.45) is 0 Å². The van der Waals surface area contributed by atoms with Gasteiger partial charge in [-0.3, -0.25) is 0 Å². The van der Waals surface area contributed by atoms with E-state index < -0.39 is 18.7 Å². The Bertz CT molecular complexity index is 942. The van der Waals surface area contributed by atoms with Gasteiger partial charge in [0.05, 0.1) is 12.3 Å². The number of rotatable bonds is 6. The molecule has 0 bridgehead atoms. The number of hydrogen-bond acceptors (Lipinski definition) is 5. The summed E-state index contributed by atoms with van der Waals surface area (Å²) in [6.07, 6.45) is -1.20. The molecule has 0 fully saturated rings. The van der Waals surface area contributed by atoms with Gasteiger partial charge in [-0.2, -0.15) is 0 Å². The fourth-order valence-electron chi connectivity index (χ4n) is 2.44. The third kappa shape index (κ3) is 4.46. The van der Waals surface area contributed by atoms with Crippen LogP contribution in [-0.4, -0.2) is 32.9 Å². The summed E-state index contributed by atoms with van der Waals surface area (Å²) in [5.41, 5.74) is 0.967. The van der Waals surface area contributed by atoms with Crippen LogP contribution >= 0.6 is 0 Å². The molecule has 1 heterocycles. The number of ether oxygens (including phenoxy) is 1. The maximum absolute atomic E-state index is 12.9. The number of benzene rings is 2. The fourth-order valence-corrected chi connectivity index (χ4v) is 2.44. The fraction of sp³-hybridized carbons (Fsp3) is 0.100. The van der Waals surface area contributed by atoms with E-state index in [9.17, 15) is 19.4 Å². The van der Waals surface area contributed by atoms with Crippen LogP contribution in [0.5, 0.6) is 11.5 Å². The van der Waals surface area contributed by atoms with Gasteiger partial charge in [0.15, 0.2) is 0 Å². The van der Waals surface area contributed by atoms with Gasteiger partial charge in [0.1, 0.15) is 29.1 Å². The van der Waals surface area contributed by atoms with Crippen LogP contribution in [0.25, 0.3) is 11.3 Å². The van der Waals surface area contributed by atoms with Crippen molar-refractivity contribution >= 4 is 5.97 Å². The molecule has 1 atom stereocenters. The second-order valence-electron chi connectivity index (χ2n) is 5.75. The van der Waals surface area contributed by atoms with Gasteiger partial charge in [-0.05, 0) is 66.2 Å². The van der Waals surface area contributed by atoms with Crippen LogP contribution in [0.4, 0.5) is 4.39 Å². The molecule has 0 aliphatic carbocycles. The highest BCUT2D eigenvalue weighted by Gasteiger charge is 2.15. The minimum Gasteiger partial charge on any atom is -0.477 e. The summed E-state index contributed by atoms with van der Waals surface area (Å²) in [6, 6.07) is 15.0. The van der Waals surface area contributed by atoms with E-state index in [-0.39, 0.29) is 17.1 Å². The van der Waals surface area contributed by atoms with Crippen LogP contribution in [0, 0.1) is 5.82 Å². The molecule has 0 saturated carbocycles. The molecule has 0 aliphatic heterocycles. The van der Waals surface area contributed by atoms with E-state index in [1.54, 1.807) is 24.3 Å². The highest BCUT2D eigenvalue weighted by Crippen LogP contribution is 2.27. The molecule has 3 rings (SSSR count). The Balaban J connectivity index is 1.88. The number of aliphatic hydroxyl groups excluding tert-OH is 2. The predicted molar refractivity (Wildman–Crippen MR) is 95.2 cm³/mol. The summed E-state index contributed by atoms with van der Waals surface area (Å²) in [5, 5.41) is 28.1. The molecule has 7 heteroatoms. The number of carboxylic acid groups (broad SMARTS) is 1. The Labute approximate surface area is 154 Å². The topological polar surface area (TPSA) is 99.9 Å². The molecular formula is C20H16FNO5. The van der Waals surface area contributed by atoms with E-state index in [1.807, 2.05) is 0 Å². The Hall–Kier alpha value is -3.29. The zero-order chi connectivity index (χ0) is 19.4. The van der Waals surface area contributed by atoms with Gasteiger partial charge in [-0.15, -0.1) is 0 Å². The Kier molecular flexibility index (Phi) is 5.44. The molecule has 1 aromatic heterocycles. The van der Waals surface area contributed by atoms with Crippen LogP contribution in [0.3, 0.4) is 0 Å². The quantitative estimate of drug-likeness (QED) is 0.616. The second kappa shape index (κ2) is 7.94. The highest BCUT2D eigenvalue weighted by atomic mass is 19.1. The first-order valence-corrected chi connectivity index (χ1v) is 8.04. The van der Waals surface area contributed by atoms with E-state index in [1.165, 1.54) is 36.4 Å². The number of aromatic nitrogens is 1. The monoisotopic (exact) mass is 369 g/mol. The van der Waals surface area contributed by atoms with Gasteiger partial charge in [0.2, 0.25) is 0 Å². The maximum atomic E-state index is 12.9. The molecule has 27 heavy (non-hydrogen) atoms. The highest BCUT2D eigenvalue weighted by molar-refractivity contribution is 5.86. The molecule has 0 amide bonds. The van der Waals surface area contributed by atoms with Crippen molar-refractivity contribution in [2.75, 3.05) is 6.61 Å². The minimum atomic E-state index is -1.24. The van der Waals surface area contributed by atoms with E-state index in [2.05, 4.69) is 4.98 Å². The summed E-state index contributed by atoms with van der Waals surface area (Å²) in [7, 11) is 0. The van der Waals surface area contributed by atoms with Crippen LogP contribution in [0.2, 0.25) is 0 Å². The van der Waals surface area contributed by atoms with Gasteiger partial charge in [0, 0.05) is 5.56 Å².